The van der Waals surface area contributed by atoms with E-state index in [2.05, 4.69) is 5.32 Å². The van der Waals surface area contributed by atoms with Gasteiger partial charge < -0.3 is 10.2 Å². The second kappa shape index (κ2) is 15.8. The maximum atomic E-state index is 14.5. The Morgan fingerprint density at radius 3 is 2.11 bits per heavy atom. The summed E-state index contributed by atoms with van der Waals surface area (Å²) in [6.45, 7) is 1.60. The highest BCUT2D eigenvalue weighted by molar-refractivity contribution is 7.92. The second-order valence-electron chi connectivity index (χ2n) is 10.2. The third kappa shape index (κ3) is 9.15. The number of carbonyl (C=O) groups excluding carboxylic acids is 2. The van der Waals surface area contributed by atoms with Crippen LogP contribution in [0.2, 0.25) is 20.1 Å². The molecule has 0 fully saturated rings. The number of anilines is 1. The number of rotatable bonds is 13. The van der Waals surface area contributed by atoms with Crippen LogP contribution in [-0.4, -0.2) is 44.3 Å². The van der Waals surface area contributed by atoms with Gasteiger partial charge in [0.15, 0.2) is 0 Å². The van der Waals surface area contributed by atoms with Crippen LogP contribution in [0, 0.1) is 0 Å². The van der Waals surface area contributed by atoms with Crippen molar-refractivity contribution in [1.82, 2.24) is 10.2 Å². The Hall–Kier alpha value is -3.27. The Balaban J connectivity index is 1.82. The summed E-state index contributed by atoms with van der Waals surface area (Å²) in [4.78, 5) is 29.5. The molecule has 236 valence electrons. The summed E-state index contributed by atoms with van der Waals surface area (Å²) in [6.07, 6.45) is 0.858. The van der Waals surface area contributed by atoms with Gasteiger partial charge in [0.1, 0.15) is 12.6 Å². The minimum atomic E-state index is -4.30. The van der Waals surface area contributed by atoms with Crippen LogP contribution in [0.4, 0.5) is 5.69 Å². The van der Waals surface area contributed by atoms with Crippen molar-refractivity contribution in [2.24, 2.45) is 0 Å². The Labute approximate surface area is 283 Å². The molecular formula is C33H31Cl4N3O4S. The maximum Gasteiger partial charge on any atom is 0.264 e. The van der Waals surface area contributed by atoms with Crippen LogP contribution >= 0.6 is 46.4 Å². The van der Waals surface area contributed by atoms with Crippen LogP contribution in [0.15, 0.2) is 102 Å². The average molecular weight is 708 g/mol. The molecule has 0 unspecified atom stereocenters. The minimum Gasteiger partial charge on any atom is -0.354 e. The number of halogens is 4. The normalized spacial score (nSPS) is 11.9. The first-order chi connectivity index (χ1) is 21.5. The van der Waals surface area contributed by atoms with Crippen LogP contribution in [-0.2, 0) is 32.6 Å². The van der Waals surface area contributed by atoms with Gasteiger partial charge in [0.25, 0.3) is 10.0 Å². The summed E-state index contributed by atoms with van der Waals surface area (Å²) >= 11 is 25.0. The Kier molecular flexibility index (Phi) is 12.2. The van der Waals surface area contributed by atoms with Gasteiger partial charge in [-0.1, -0.05) is 95.8 Å². The Morgan fingerprint density at radius 1 is 0.800 bits per heavy atom. The highest BCUT2D eigenvalue weighted by Crippen LogP contribution is 2.29. The van der Waals surface area contributed by atoms with Crippen molar-refractivity contribution in [3.8, 4) is 0 Å². The van der Waals surface area contributed by atoms with Crippen molar-refractivity contribution in [3.63, 3.8) is 0 Å². The highest BCUT2D eigenvalue weighted by Gasteiger charge is 2.35. The van der Waals surface area contributed by atoms with Crippen molar-refractivity contribution in [2.45, 2.75) is 37.2 Å². The minimum absolute atomic E-state index is 0.0755. The SMILES string of the molecule is CCCNC(=O)[C@@H](Cc1ccccc1)N(Cc1ccc(Cl)cc1Cl)C(=O)CN(c1cccc(Cl)c1)S(=O)(=O)c1ccc(Cl)cc1. The summed E-state index contributed by atoms with van der Waals surface area (Å²) in [5, 5.41) is 4.24. The van der Waals surface area contributed by atoms with E-state index < -0.39 is 28.5 Å². The maximum absolute atomic E-state index is 14.5. The molecule has 0 spiro atoms. The quantitative estimate of drug-likeness (QED) is 0.155. The lowest BCUT2D eigenvalue weighted by molar-refractivity contribution is -0.140. The molecule has 0 saturated carbocycles. The van der Waals surface area contributed by atoms with E-state index in [0.717, 1.165) is 9.87 Å². The van der Waals surface area contributed by atoms with Crippen LogP contribution in [0.5, 0.6) is 0 Å². The third-order valence-corrected chi connectivity index (χ3v) is 9.81. The molecule has 0 aliphatic heterocycles. The molecule has 45 heavy (non-hydrogen) atoms. The lowest BCUT2D eigenvalue weighted by atomic mass is 10.0. The largest absolute Gasteiger partial charge is 0.354 e. The summed E-state index contributed by atoms with van der Waals surface area (Å²) in [6, 6.07) is 25.0. The third-order valence-electron chi connectivity index (χ3n) is 6.95. The molecule has 0 saturated heterocycles. The highest BCUT2D eigenvalue weighted by atomic mass is 35.5. The van der Waals surface area contributed by atoms with Gasteiger partial charge in [0.2, 0.25) is 11.8 Å². The number of benzene rings is 4. The molecule has 4 rings (SSSR count). The predicted molar refractivity (Wildman–Crippen MR) is 182 cm³/mol. The van der Waals surface area contributed by atoms with Crippen molar-refractivity contribution >= 4 is 73.9 Å². The first kappa shape index (κ1) is 34.6. The van der Waals surface area contributed by atoms with E-state index in [4.69, 9.17) is 46.4 Å². The summed E-state index contributed by atoms with van der Waals surface area (Å²) < 4.78 is 29.1. The predicted octanol–water partition coefficient (Wildman–Crippen LogP) is 7.66. The molecule has 4 aromatic carbocycles. The van der Waals surface area contributed by atoms with E-state index >= 15 is 0 Å². The number of sulfonamides is 1. The fourth-order valence-electron chi connectivity index (χ4n) is 4.65. The second-order valence-corrected chi connectivity index (χ2v) is 13.8. The van der Waals surface area contributed by atoms with Gasteiger partial charge in [0, 0.05) is 39.6 Å². The molecule has 1 N–H and O–H groups in total. The van der Waals surface area contributed by atoms with Crippen LogP contribution < -0.4 is 9.62 Å². The molecule has 0 bridgehead atoms. The number of nitrogens with one attached hydrogen (secondary N) is 1. The first-order valence-corrected chi connectivity index (χ1v) is 17.0. The molecule has 0 aromatic heterocycles. The summed E-state index contributed by atoms with van der Waals surface area (Å²) in [5.41, 5.74) is 1.52. The Bertz CT molecular complexity index is 1740. The molecule has 0 aliphatic carbocycles. The molecule has 12 heteroatoms. The van der Waals surface area contributed by atoms with E-state index in [1.54, 1.807) is 36.4 Å². The van der Waals surface area contributed by atoms with Gasteiger partial charge in [-0.25, -0.2) is 8.42 Å². The van der Waals surface area contributed by atoms with Crippen LogP contribution in [0.25, 0.3) is 0 Å². The van der Waals surface area contributed by atoms with E-state index in [0.29, 0.717) is 33.6 Å². The topological polar surface area (TPSA) is 86.8 Å². The zero-order chi connectivity index (χ0) is 32.6. The molecular weight excluding hydrogens is 676 g/mol. The summed E-state index contributed by atoms with van der Waals surface area (Å²) in [7, 11) is -4.30. The number of carbonyl (C=O) groups is 2. The van der Waals surface area contributed by atoms with Gasteiger partial charge in [-0.2, -0.15) is 0 Å². The number of hydrogen-bond acceptors (Lipinski definition) is 4. The molecule has 4 aromatic rings. The van der Waals surface area contributed by atoms with Crippen LogP contribution in [0.3, 0.4) is 0 Å². The van der Waals surface area contributed by atoms with E-state index in [9.17, 15) is 18.0 Å². The number of nitrogens with zero attached hydrogens (tertiary/aromatic N) is 2. The van der Waals surface area contributed by atoms with Crippen molar-refractivity contribution in [3.05, 3.63) is 128 Å². The first-order valence-electron chi connectivity index (χ1n) is 14.1. The summed E-state index contributed by atoms with van der Waals surface area (Å²) in [5.74, 6) is -1.01. The van der Waals surface area contributed by atoms with Gasteiger partial charge in [0.05, 0.1) is 10.6 Å². The van der Waals surface area contributed by atoms with E-state index in [1.807, 2.05) is 37.3 Å². The van der Waals surface area contributed by atoms with Gasteiger partial charge in [-0.05, 0) is 72.1 Å². The fourth-order valence-corrected chi connectivity index (χ4v) is 6.83. The molecule has 1 atom stereocenters. The molecule has 2 amide bonds. The standard InChI is InChI=1S/C33H31Cl4N3O4S/c1-2-17-38-33(42)31(18-23-7-4-3-5-8-23)39(21-24-11-12-27(36)20-30(24)37)32(41)22-40(28-10-6-9-26(35)19-28)45(43,44)29-15-13-25(34)14-16-29/h3-16,19-20,31H,2,17-18,21-22H2,1H3,(H,38,42)/t31-/m1/s1. The van der Waals surface area contributed by atoms with Crippen molar-refractivity contribution < 1.29 is 18.0 Å². The van der Waals surface area contributed by atoms with Gasteiger partial charge >= 0.3 is 0 Å². The zero-order valence-electron chi connectivity index (χ0n) is 24.3. The van der Waals surface area contributed by atoms with Gasteiger partial charge in [-0.3, -0.25) is 13.9 Å². The molecule has 0 aliphatic rings. The van der Waals surface area contributed by atoms with Crippen molar-refractivity contribution in [1.29, 1.82) is 0 Å². The monoisotopic (exact) mass is 705 g/mol. The van der Waals surface area contributed by atoms with E-state index in [-0.39, 0.29) is 34.5 Å². The fraction of sp³-hybridized carbons (Fsp3) is 0.212. The van der Waals surface area contributed by atoms with Gasteiger partial charge in [-0.15, -0.1) is 0 Å². The Morgan fingerprint density at radius 2 is 1.47 bits per heavy atom. The smallest absolute Gasteiger partial charge is 0.264 e. The number of hydrogen-bond donors (Lipinski definition) is 1. The average Bonchev–Trinajstić information content (AvgIpc) is 3.01. The molecule has 7 nitrogen and oxygen atoms in total. The lowest BCUT2D eigenvalue weighted by Crippen LogP contribution is -2.53. The van der Waals surface area contributed by atoms with Crippen LogP contribution in [0.1, 0.15) is 24.5 Å². The zero-order valence-corrected chi connectivity index (χ0v) is 28.1. The lowest BCUT2D eigenvalue weighted by Gasteiger charge is -2.34. The molecule has 0 radical (unpaired) electrons. The molecule has 0 heterocycles. The van der Waals surface area contributed by atoms with Crippen molar-refractivity contribution in [2.75, 3.05) is 17.4 Å². The number of amides is 2. The van der Waals surface area contributed by atoms with E-state index in [1.165, 1.54) is 35.2 Å².